The van der Waals surface area contributed by atoms with Crippen LogP contribution in [0.2, 0.25) is 10.0 Å². The summed E-state index contributed by atoms with van der Waals surface area (Å²) in [4.78, 5) is 17.8. The summed E-state index contributed by atoms with van der Waals surface area (Å²) in [6.45, 7) is 3.77. The topological polar surface area (TPSA) is 66.4 Å². The fourth-order valence-corrected chi connectivity index (χ4v) is 3.59. The minimum absolute atomic E-state index is 0.114. The first-order chi connectivity index (χ1) is 14.3. The Labute approximate surface area is 186 Å². The number of carbonyl (C=O) groups is 1. The van der Waals surface area contributed by atoms with Crippen LogP contribution in [0.5, 0.6) is 5.75 Å². The van der Waals surface area contributed by atoms with Crippen molar-refractivity contribution < 1.29 is 23.8 Å². The van der Waals surface area contributed by atoms with E-state index in [1.165, 1.54) is 27.6 Å². The predicted octanol–water partition coefficient (Wildman–Crippen LogP) is 5.41. The van der Waals surface area contributed by atoms with E-state index in [1.54, 1.807) is 25.1 Å². The van der Waals surface area contributed by atoms with Crippen molar-refractivity contribution in [2.75, 3.05) is 21.3 Å². The standard InChI is InChI=1S/C22H23Cl2NO5/c1-13-7-6-8-16(18(11-27-3)22(26)29-5)17(13)12-30-25-14(2)21-19(23)9-15(28-4)10-20(21)24/h6-11H,12H2,1-5H3/b18-11+,25-14+. The Bertz CT molecular complexity index is 962. The van der Waals surface area contributed by atoms with E-state index >= 15 is 0 Å². The Hall–Kier alpha value is -2.70. The van der Waals surface area contributed by atoms with E-state index in [-0.39, 0.29) is 12.2 Å². The molecule has 0 heterocycles. The molecule has 0 aliphatic carbocycles. The van der Waals surface area contributed by atoms with Crippen LogP contribution in [0.3, 0.4) is 0 Å². The van der Waals surface area contributed by atoms with Crippen LogP contribution in [0.1, 0.15) is 29.2 Å². The van der Waals surface area contributed by atoms with Crippen LogP contribution in [0.15, 0.2) is 41.7 Å². The molecule has 2 aromatic rings. The van der Waals surface area contributed by atoms with Gasteiger partial charge in [0.15, 0.2) is 0 Å². The third-order valence-corrected chi connectivity index (χ3v) is 4.96. The zero-order valence-electron chi connectivity index (χ0n) is 17.4. The van der Waals surface area contributed by atoms with Crippen LogP contribution in [0.4, 0.5) is 0 Å². The van der Waals surface area contributed by atoms with Gasteiger partial charge in [0.05, 0.1) is 43.3 Å². The monoisotopic (exact) mass is 451 g/mol. The maximum Gasteiger partial charge on any atom is 0.341 e. The molecule has 2 rings (SSSR count). The van der Waals surface area contributed by atoms with Gasteiger partial charge in [0, 0.05) is 11.1 Å². The number of halogens is 2. The summed E-state index contributed by atoms with van der Waals surface area (Å²) in [5.41, 5.74) is 3.67. The number of rotatable bonds is 8. The van der Waals surface area contributed by atoms with Crippen molar-refractivity contribution in [3.8, 4) is 5.75 Å². The van der Waals surface area contributed by atoms with Gasteiger partial charge in [-0.3, -0.25) is 0 Å². The Balaban J connectivity index is 2.33. The van der Waals surface area contributed by atoms with E-state index in [0.717, 1.165) is 11.1 Å². The van der Waals surface area contributed by atoms with E-state index in [1.807, 2.05) is 19.1 Å². The fraction of sp³-hybridized carbons (Fsp3) is 0.273. The quantitative estimate of drug-likeness (QED) is 0.176. The van der Waals surface area contributed by atoms with E-state index in [4.69, 9.17) is 42.3 Å². The molecule has 0 atom stereocenters. The Morgan fingerprint density at radius 1 is 1.13 bits per heavy atom. The molecule has 0 amide bonds. The number of carbonyl (C=O) groups excluding carboxylic acids is 1. The van der Waals surface area contributed by atoms with Crippen LogP contribution in [0, 0.1) is 6.92 Å². The van der Waals surface area contributed by atoms with Crippen LogP contribution < -0.4 is 4.74 Å². The molecule has 160 valence electrons. The molecule has 0 aliphatic heterocycles. The highest BCUT2D eigenvalue weighted by Crippen LogP contribution is 2.31. The zero-order chi connectivity index (χ0) is 22.3. The zero-order valence-corrected chi connectivity index (χ0v) is 18.9. The first-order valence-corrected chi connectivity index (χ1v) is 9.69. The van der Waals surface area contributed by atoms with Crippen molar-refractivity contribution in [2.24, 2.45) is 5.16 Å². The molecule has 0 fully saturated rings. The number of oxime groups is 1. The van der Waals surface area contributed by atoms with E-state index in [2.05, 4.69) is 5.16 Å². The van der Waals surface area contributed by atoms with Crippen molar-refractivity contribution in [1.29, 1.82) is 0 Å². The molecule has 0 aromatic heterocycles. The van der Waals surface area contributed by atoms with Gasteiger partial charge in [0.1, 0.15) is 17.9 Å². The average Bonchev–Trinajstić information content (AvgIpc) is 2.72. The SMILES string of the molecule is CO/C=C(/C(=O)OC)c1cccc(C)c1CO/N=C(\C)c1c(Cl)cc(OC)cc1Cl. The number of aryl methyl sites for hydroxylation is 1. The number of methoxy groups -OCH3 is 3. The maximum atomic E-state index is 12.2. The maximum absolute atomic E-state index is 12.2. The Morgan fingerprint density at radius 3 is 2.37 bits per heavy atom. The van der Waals surface area contributed by atoms with Crippen molar-refractivity contribution in [3.63, 3.8) is 0 Å². The summed E-state index contributed by atoms with van der Waals surface area (Å²) in [7, 11) is 4.31. The van der Waals surface area contributed by atoms with Gasteiger partial charge in [0.2, 0.25) is 0 Å². The molecule has 0 bridgehead atoms. The number of hydrogen-bond acceptors (Lipinski definition) is 6. The van der Waals surface area contributed by atoms with E-state index in [9.17, 15) is 4.79 Å². The minimum atomic E-state index is -0.514. The molecule has 2 aromatic carbocycles. The van der Waals surface area contributed by atoms with Gasteiger partial charge in [-0.05, 0) is 37.1 Å². The summed E-state index contributed by atoms with van der Waals surface area (Å²) in [5.74, 6) is 0.0347. The molecule has 0 spiro atoms. The largest absolute Gasteiger partial charge is 0.503 e. The van der Waals surface area contributed by atoms with Gasteiger partial charge < -0.3 is 19.0 Å². The second-order valence-electron chi connectivity index (χ2n) is 6.28. The molecule has 8 heteroatoms. The molecule has 0 saturated carbocycles. The van der Waals surface area contributed by atoms with Gasteiger partial charge in [0.25, 0.3) is 0 Å². The second kappa shape index (κ2) is 10.9. The lowest BCUT2D eigenvalue weighted by Gasteiger charge is -2.14. The van der Waals surface area contributed by atoms with E-state index in [0.29, 0.717) is 32.6 Å². The van der Waals surface area contributed by atoms with Gasteiger partial charge >= 0.3 is 5.97 Å². The van der Waals surface area contributed by atoms with Crippen molar-refractivity contribution in [3.05, 3.63) is 68.9 Å². The first-order valence-electron chi connectivity index (χ1n) is 8.94. The first kappa shape index (κ1) is 23.6. The summed E-state index contributed by atoms with van der Waals surface area (Å²) < 4.78 is 15.1. The third-order valence-electron chi connectivity index (χ3n) is 4.36. The van der Waals surface area contributed by atoms with Crippen LogP contribution >= 0.6 is 23.2 Å². The number of benzene rings is 2. The highest BCUT2D eigenvalue weighted by molar-refractivity contribution is 6.40. The lowest BCUT2D eigenvalue weighted by atomic mass is 9.97. The lowest BCUT2D eigenvalue weighted by molar-refractivity contribution is -0.133. The van der Waals surface area contributed by atoms with Crippen molar-refractivity contribution in [1.82, 2.24) is 0 Å². The molecular weight excluding hydrogens is 429 g/mol. The molecule has 0 radical (unpaired) electrons. The number of esters is 1. The third kappa shape index (κ3) is 5.46. The van der Waals surface area contributed by atoms with E-state index < -0.39 is 5.97 Å². The molecular formula is C22H23Cl2NO5. The van der Waals surface area contributed by atoms with Crippen LogP contribution in [-0.4, -0.2) is 33.0 Å². The summed E-state index contributed by atoms with van der Waals surface area (Å²) >= 11 is 12.6. The normalized spacial score (nSPS) is 11.8. The second-order valence-corrected chi connectivity index (χ2v) is 7.09. The Morgan fingerprint density at radius 2 is 1.80 bits per heavy atom. The van der Waals surface area contributed by atoms with Gasteiger partial charge in [-0.1, -0.05) is 46.6 Å². The molecule has 0 unspecified atom stereocenters. The Kier molecular flexibility index (Phi) is 8.57. The summed E-state index contributed by atoms with van der Waals surface area (Å²) in [6, 6.07) is 8.85. The highest BCUT2D eigenvalue weighted by atomic mass is 35.5. The number of hydrogen-bond donors (Lipinski definition) is 0. The highest BCUT2D eigenvalue weighted by Gasteiger charge is 2.19. The number of nitrogens with zero attached hydrogens (tertiary/aromatic N) is 1. The van der Waals surface area contributed by atoms with Crippen molar-refractivity contribution >= 4 is 40.5 Å². The number of ether oxygens (including phenoxy) is 3. The van der Waals surface area contributed by atoms with Crippen molar-refractivity contribution in [2.45, 2.75) is 20.5 Å². The molecule has 0 aliphatic rings. The predicted molar refractivity (Wildman–Crippen MR) is 118 cm³/mol. The van der Waals surface area contributed by atoms with Gasteiger partial charge in [-0.15, -0.1) is 0 Å². The fourth-order valence-electron chi connectivity index (χ4n) is 2.85. The molecule has 0 saturated heterocycles. The van der Waals surface area contributed by atoms with Crippen LogP contribution in [0.25, 0.3) is 5.57 Å². The van der Waals surface area contributed by atoms with Gasteiger partial charge in [-0.2, -0.15) is 0 Å². The lowest BCUT2D eigenvalue weighted by Crippen LogP contribution is -2.08. The average molecular weight is 452 g/mol. The summed E-state index contributed by atoms with van der Waals surface area (Å²) in [5, 5.41) is 4.96. The van der Waals surface area contributed by atoms with Crippen LogP contribution in [-0.2, 0) is 25.7 Å². The molecule has 30 heavy (non-hydrogen) atoms. The molecule has 0 N–H and O–H groups in total. The minimum Gasteiger partial charge on any atom is -0.503 e. The molecule has 6 nitrogen and oxygen atoms in total. The summed E-state index contributed by atoms with van der Waals surface area (Å²) in [6.07, 6.45) is 1.34. The van der Waals surface area contributed by atoms with Gasteiger partial charge in [-0.25, -0.2) is 4.79 Å². The smallest absolute Gasteiger partial charge is 0.341 e.